The van der Waals surface area contributed by atoms with E-state index in [1.807, 2.05) is 18.2 Å². The van der Waals surface area contributed by atoms with Crippen molar-refractivity contribution in [3.8, 4) is 0 Å². The van der Waals surface area contributed by atoms with Gasteiger partial charge in [0.1, 0.15) is 0 Å². The maximum atomic E-state index is 12.7. The predicted molar refractivity (Wildman–Crippen MR) is 94.5 cm³/mol. The second-order valence-corrected chi connectivity index (χ2v) is 7.65. The molecule has 0 saturated heterocycles. The molecule has 0 fully saturated rings. The largest absolute Gasteiger partial charge is 0.337 e. The van der Waals surface area contributed by atoms with Crippen LogP contribution >= 0.6 is 11.6 Å². The molecule has 1 amide bonds. The van der Waals surface area contributed by atoms with Crippen LogP contribution in [0, 0.1) is 13.8 Å². The van der Waals surface area contributed by atoms with Crippen LogP contribution in [0.4, 0.5) is 0 Å². The minimum absolute atomic E-state index is 0.0306. The standard InChI is InChI=1S/C17H19ClN2O3S/c1-11-8-14(9-16(12(11)2)24(19,22)23)17(21)20(3)10-13-6-4-5-7-15(13)18/h4-9H,10H2,1-3H3,(H2,19,22,23). The average Bonchev–Trinajstić information content (AvgIpc) is 2.50. The zero-order valence-corrected chi connectivity index (χ0v) is 15.3. The highest BCUT2D eigenvalue weighted by Crippen LogP contribution is 2.22. The van der Waals surface area contributed by atoms with Gasteiger partial charge in [0.05, 0.1) is 4.90 Å². The molecule has 128 valence electrons. The fraction of sp³-hybridized carbons (Fsp3) is 0.235. The summed E-state index contributed by atoms with van der Waals surface area (Å²) in [6.45, 7) is 3.72. The second kappa shape index (κ2) is 6.93. The number of aryl methyl sites for hydroxylation is 1. The molecule has 0 aromatic heterocycles. The van der Waals surface area contributed by atoms with Crippen molar-refractivity contribution in [2.75, 3.05) is 7.05 Å². The van der Waals surface area contributed by atoms with E-state index in [0.717, 1.165) is 5.56 Å². The van der Waals surface area contributed by atoms with E-state index >= 15 is 0 Å². The molecule has 7 heteroatoms. The lowest BCUT2D eigenvalue weighted by Crippen LogP contribution is -2.27. The van der Waals surface area contributed by atoms with Gasteiger partial charge in [0.15, 0.2) is 0 Å². The Morgan fingerprint density at radius 1 is 1.21 bits per heavy atom. The Labute approximate surface area is 147 Å². The Morgan fingerprint density at radius 2 is 1.83 bits per heavy atom. The van der Waals surface area contributed by atoms with E-state index in [4.69, 9.17) is 16.7 Å². The number of rotatable bonds is 4. The van der Waals surface area contributed by atoms with Crippen LogP contribution in [0.5, 0.6) is 0 Å². The van der Waals surface area contributed by atoms with E-state index in [1.165, 1.54) is 11.0 Å². The molecule has 0 aliphatic carbocycles. The molecule has 2 aromatic rings. The third kappa shape index (κ3) is 3.95. The highest BCUT2D eigenvalue weighted by atomic mass is 35.5. The van der Waals surface area contributed by atoms with Gasteiger partial charge in [0.2, 0.25) is 10.0 Å². The molecule has 0 heterocycles. The topological polar surface area (TPSA) is 80.5 Å². The van der Waals surface area contributed by atoms with E-state index in [-0.39, 0.29) is 16.4 Å². The van der Waals surface area contributed by atoms with Gasteiger partial charge in [0, 0.05) is 24.2 Å². The van der Waals surface area contributed by atoms with Gasteiger partial charge in [-0.2, -0.15) is 0 Å². The third-order valence-electron chi connectivity index (χ3n) is 3.89. The Hall–Kier alpha value is -1.89. The zero-order chi connectivity index (χ0) is 18.1. The molecular formula is C17H19ClN2O3S. The summed E-state index contributed by atoms with van der Waals surface area (Å²) in [7, 11) is -2.26. The Morgan fingerprint density at radius 3 is 2.42 bits per heavy atom. The van der Waals surface area contributed by atoms with Gasteiger partial charge >= 0.3 is 0 Å². The highest BCUT2D eigenvalue weighted by molar-refractivity contribution is 7.89. The summed E-state index contributed by atoms with van der Waals surface area (Å²) in [5, 5.41) is 5.82. The summed E-state index contributed by atoms with van der Waals surface area (Å²) in [6.07, 6.45) is 0. The lowest BCUT2D eigenvalue weighted by Gasteiger charge is -2.19. The van der Waals surface area contributed by atoms with Crippen LogP contribution in [-0.2, 0) is 16.6 Å². The van der Waals surface area contributed by atoms with Crippen LogP contribution in [0.3, 0.4) is 0 Å². The zero-order valence-electron chi connectivity index (χ0n) is 13.7. The first-order chi connectivity index (χ1) is 11.1. The van der Waals surface area contributed by atoms with Crippen LogP contribution in [0.15, 0.2) is 41.3 Å². The quantitative estimate of drug-likeness (QED) is 0.903. The van der Waals surface area contributed by atoms with Gasteiger partial charge in [-0.05, 0) is 48.7 Å². The van der Waals surface area contributed by atoms with Crippen LogP contribution in [-0.4, -0.2) is 26.3 Å². The lowest BCUT2D eigenvalue weighted by molar-refractivity contribution is 0.0785. The third-order valence-corrected chi connectivity index (χ3v) is 5.29. The van der Waals surface area contributed by atoms with E-state index in [2.05, 4.69) is 0 Å². The number of halogens is 1. The smallest absolute Gasteiger partial charge is 0.253 e. The van der Waals surface area contributed by atoms with E-state index in [9.17, 15) is 13.2 Å². The Balaban J connectivity index is 2.36. The predicted octanol–water partition coefficient (Wildman–Crippen LogP) is 2.88. The molecule has 0 unspecified atom stereocenters. The summed E-state index contributed by atoms with van der Waals surface area (Å²) < 4.78 is 23.4. The molecule has 0 bridgehead atoms. The van der Waals surface area contributed by atoms with Gasteiger partial charge in [-0.1, -0.05) is 29.8 Å². The monoisotopic (exact) mass is 366 g/mol. The van der Waals surface area contributed by atoms with Crippen LogP contribution in [0.2, 0.25) is 5.02 Å². The van der Waals surface area contributed by atoms with Gasteiger partial charge < -0.3 is 4.90 Å². The van der Waals surface area contributed by atoms with Crippen molar-refractivity contribution in [3.63, 3.8) is 0 Å². The number of carbonyl (C=O) groups excluding carboxylic acids is 1. The average molecular weight is 367 g/mol. The number of primary sulfonamides is 1. The fourth-order valence-corrected chi connectivity index (χ4v) is 3.49. The molecule has 2 aromatic carbocycles. The molecule has 24 heavy (non-hydrogen) atoms. The Kier molecular flexibility index (Phi) is 5.32. The normalized spacial score (nSPS) is 11.4. The van der Waals surface area contributed by atoms with Crippen molar-refractivity contribution in [2.24, 2.45) is 5.14 Å². The number of sulfonamides is 1. The molecule has 0 spiro atoms. The van der Waals surface area contributed by atoms with Crippen LogP contribution < -0.4 is 5.14 Å². The number of carbonyl (C=O) groups is 1. The summed E-state index contributed by atoms with van der Waals surface area (Å²) in [6, 6.07) is 10.2. The van der Waals surface area contributed by atoms with Crippen molar-refractivity contribution in [2.45, 2.75) is 25.3 Å². The number of hydrogen-bond acceptors (Lipinski definition) is 3. The first-order valence-electron chi connectivity index (χ1n) is 7.24. The first-order valence-corrected chi connectivity index (χ1v) is 9.16. The minimum Gasteiger partial charge on any atom is -0.337 e. The van der Waals surface area contributed by atoms with Crippen molar-refractivity contribution in [3.05, 3.63) is 63.7 Å². The summed E-state index contributed by atoms with van der Waals surface area (Å²) in [5.74, 6) is -0.303. The van der Waals surface area contributed by atoms with Crippen molar-refractivity contribution in [1.82, 2.24) is 4.90 Å². The van der Waals surface area contributed by atoms with Crippen molar-refractivity contribution < 1.29 is 13.2 Å². The Bertz CT molecular complexity index is 895. The maximum absolute atomic E-state index is 12.7. The number of amides is 1. The van der Waals surface area contributed by atoms with Crippen LogP contribution in [0.25, 0.3) is 0 Å². The van der Waals surface area contributed by atoms with Gasteiger partial charge in [-0.3, -0.25) is 4.79 Å². The molecule has 0 aliphatic rings. The lowest BCUT2D eigenvalue weighted by atomic mass is 10.1. The maximum Gasteiger partial charge on any atom is 0.253 e. The van der Waals surface area contributed by atoms with Crippen molar-refractivity contribution in [1.29, 1.82) is 0 Å². The summed E-state index contributed by atoms with van der Waals surface area (Å²) in [4.78, 5) is 14.1. The second-order valence-electron chi connectivity index (χ2n) is 5.71. The van der Waals surface area contributed by atoms with E-state index in [1.54, 1.807) is 33.0 Å². The molecule has 2 N–H and O–H groups in total. The van der Waals surface area contributed by atoms with E-state index in [0.29, 0.717) is 22.7 Å². The number of nitrogens with zero attached hydrogens (tertiary/aromatic N) is 1. The highest BCUT2D eigenvalue weighted by Gasteiger charge is 2.20. The number of benzene rings is 2. The van der Waals surface area contributed by atoms with Gasteiger partial charge in [0.25, 0.3) is 5.91 Å². The number of hydrogen-bond donors (Lipinski definition) is 1. The first kappa shape index (κ1) is 18.4. The summed E-state index contributed by atoms with van der Waals surface area (Å²) >= 11 is 6.12. The molecule has 5 nitrogen and oxygen atoms in total. The molecule has 0 saturated carbocycles. The number of nitrogens with two attached hydrogens (primary N) is 1. The fourth-order valence-electron chi connectivity index (χ4n) is 2.42. The molecule has 2 rings (SSSR count). The van der Waals surface area contributed by atoms with Gasteiger partial charge in [-0.15, -0.1) is 0 Å². The molecule has 0 radical (unpaired) electrons. The van der Waals surface area contributed by atoms with E-state index < -0.39 is 10.0 Å². The van der Waals surface area contributed by atoms with Crippen LogP contribution in [0.1, 0.15) is 27.0 Å². The molecular weight excluding hydrogens is 348 g/mol. The molecule has 0 aliphatic heterocycles. The SMILES string of the molecule is Cc1cc(C(=O)N(C)Cc2ccccc2Cl)cc(S(N)(=O)=O)c1C. The van der Waals surface area contributed by atoms with Crippen molar-refractivity contribution >= 4 is 27.5 Å². The van der Waals surface area contributed by atoms with Gasteiger partial charge in [-0.25, -0.2) is 13.6 Å². The molecule has 0 atom stereocenters. The minimum atomic E-state index is -3.90. The summed E-state index contributed by atoms with van der Waals surface area (Å²) in [5.41, 5.74) is 2.32.